The normalized spacial score (nSPS) is 12.7. The Bertz CT molecular complexity index is 937. The van der Waals surface area contributed by atoms with Gasteiger partial charge < -0.3 is 15.1 Å². The van der Waals surface area contributed by atoms with Gasteiger partial charge in [-0.3, -0.25) is 9.59 Å². The van der Waals surface area contributed by atoms with Gasteiger partial charge in [-0.2, -0.15) is 5.26 Å². The monoisotopic (exact) mass is 394 g/mol. The fourth-order valence-electron chi connectivity index (χ4n) is 3.40. The first kappa shape index (κ1) is 20.3. The standard InChI is InChI=1S/C22H23FN4O2/c1-26(13-4-12-24)21(28)15-27-14-3-5-18-19(6-2-7-20(18)27)25-22(29)16-8-10-17(23)11-9-16/h2,6-11H,3-5,13-15H2,1H3,(H,25,29). The Hall–Kier alpha value is -3.40. The molecule has 2 aromatic rings. The largest absolute Gasteiger partial charge is 0.362 e. The third-order valence-electron chi connectivity index (χ3n) is 5.01. The maximum absolute atomic E-state index is 13.1. The molecule has 0 saturated carbocycles. The minimum atomic E-state index is -0.390. The SMILES string of the molecule is CN(CCC#N)C(=O)CN1CCCc2c(NC(=O)c3ccc(F)cc3)cccc21. The van der Waals surface area contributed by atoms with Crippen molar-refractivity contribution >= 4 is 23.2 Å². The molecule has 2 amide bonds. The van der Waals surface area contributed by atoms with Crippen LogP contribution >= 0.6 is 0 Å². The van der Waals surface area contributed by atoms with E-state index in [4.69, 9.17) is 5.26 Å². The van der Waals surface area contributed by atoms with E-state index in [1.807, 2.05) is 29.2 Å². The summed E-state index contributed by atoms with van der Waals surface area (Å²) in [5.41, 5.74) is 3.00. The van der Waals surface area contributed by atoms with Crippen LogP contribution in [-0.2, 0) is 11.2 Å². The van der Waals surface area contributed by atoms with E-state index in [0.717, 1.165) is 30.6 Å². The van der Waals surface area contributed by atoms with E-state index >= 15 is 0 Å². The van der Waals surface area contributed by atoms with Crippen LogP contribution in [0.25, 0.3) is 0 Å². The first-order chi connectivity index (χ1) is 14.0. The number of amides is 2. The topological polar surface area (TPSA) is 76.4 Å². The van der Waals surface area contributed by atoms with E-state index in [1.54, 1.807) is 11.9 Å². The maximum Gasteiger partial charge on any atom is 0.255 e. The summed E-state index contributed by atoms with van der Waals surface area (Å²) in [7, 11) is 1.70. The summed E-state index contributed by atoms with van der Waals surface area (Å²) in [6, 6.07) is 13.1. The van der Waals surface area contributed by atoms with Gasteiger partial charge in [0, 0.05) is 37.1 Å². The quantitative estimate of drug-likeness (QED) is 0.816. The molecular weight excluding hydrogens is 371 g/mol. The van der Waals surface area contributed by atoms with Gasteiger partial charge in [0.1, 0.15) is 5.82 Å². The van der Waals surface area contributed by atoms with Gasteiger partial charge in [-0.15, -0.1) is 0 Å². The van der Waals surface area contributed by atoms with Crippen LogP contribution in [0.15, 0.2) is 42.5 Å². The number of hydrogen-bond donors (Lipinski definition) is 1. The van der Waals surface area contributed by atoms with Gasteiger partial charge >= 0.3 is 0 Å². The maximum atomic E-state index is 13.1. The van der Waals surface area contributed by atoms with E-state index in [1.165, 1.54) is 24.3 Å². The van der Waals surface area contributed by atoms with Crippen LogP contribution in [0.1, 0.15) is 28.8 Å². The van der Waals surface area contributed by atoms with E-state index in [0.29, 0.717) is 24.2 Å². The number of rotatable bonds is 6. The molecule has 0 unspecified atom stereocenters. The van der Waals surface area contributed by atoms with Crippen molar-refractivity contribution in [2.75, 3.05) is 36.9 Å². The summed E-state index contributed by atoms with van der Waals surface area (Å²) in [5, 5.41) is 11.6. The Balaban J connectivity index is 1.76. The highest BCUT2D eigenvalue weighted by Crippen LogP contribution is 2.33. The van der Waals surface area contributed by atoms with E-state index in [-0.39, 0.29) is 18.4 Å². The molecular formula is C22H23FN4O2. The summed E-state index contributed by atoms with van der Waals surface area (Å²) in [6.45, 7) is 1.38. The minimum Gasteiger partial charge on any atom is -0.362 e. The van der Waals surface area contributed by atoms with Crippen molar-refractivity contribution in [2.45, 2.75) is 19.3 Å². The number of likely N-dealkylation sites (N-methyl/N-ethyl adjacent to an activating group) is 1. The van der Waals surface area contributed by atoms with E-state index in [9.17, 15) is 14.0 Å². The summed E-state index contributed by atoms with van der Waals surface area (Å²) in [5.74, 6) is -0.740. The lowest BCUT2D eigenvalue weighted by atomic mass is 9.99. The molecule has 3 rings (SSSR count). The van der Waals surface area contributed by atoms with Crippen LogP contribution in [0.5, 0.6) is 0 Å². The van der Waals surface area contributed by atoms with Crippen LogP contribution in [0.2, 0.25) is 0 Å². The second kappa shape index (κ2) is 9.20. The average Bonchev–Trinajstić information content (AvgIpc) is 2.73. The van der Waals surface area contributed by atoms with Gasteiger partial charge in [0.25, 0.3) is 5.91 Å². The van der Waals surface area contributed by atoms with Crippen molar-refractivity contribution in [1.82, 2.24) is 4.90 Å². The summed E-state index contributed by atoms with van der Waals surface area (Å²) < 4.78 is 13.1. The number of hydrogen-bond acceptors (Lipinski definition) is 4. The van der Waals surface area contributed by atoms with Crippen molar-refractivity contribution in [3.05, 3.63) is 59.4 Å². The van der Waals surface area contributed by atoms with Crippen molar-refractivity contribution in [3.63, 3.8) is 0 Å². The molecule has 6 nitrogen and oxygen atoms in total. The molecule has 0 radical (unpaired) electrons. The molecule has 2 aromatic carbocycles. The Morgan fingerprint density at radius 1 is 1.24 bits per heavy atom. The first-order valence-corrected chi connectivity index (χ1v) is 9.54. The number of carbonyl (C=O) groups excluding carboxylic acids is 2. The number of anilines is 2. The number of carbonyl (C=O) groups is 2. The second-order valence-corrected chi connectivity index (χ2v) is 7.01. The lowest BCUT2D eigenvalue weighted by Gasteiger charge is -2.33. The summed E-state index contributed by atoms with van der Waals surface area (Å²) in [6.07, 6.45) is 1.97. The number of halogens is 1. The van der Waals surface area contributed by atoms with Gasteiger partial charge in [-0.25, -0.2) is 4.39 Å². The number of benzene rings is 2. The lowest BCUT2D eigenvalue weighted by Crippen LogP contribution is -2.41. The molecule has 150 valence electrons. The van der Waals surface area contributed by atoms with Crippen molar-refractivity contribution < 1.29 is 14.0 Å². The van der Waals surface area contributed by atoms with Crippen LogP contribution in [0, 0.1) is 17.1 Å². The molecule has 0 saturated heterocycles. The van der Waals surface area contributed by atoms with Crippen molar-refractivity contribution in [2.24, 2.45) is 0 Å². The van der Waals surface area contributed by atoms with Crippen LogP contribution in [0.3, 0.4) is 0 Å². The van der Waals surface area contributed by atoms with Gasteiger partial charge in [0.2, 0.25) is 5.91 Å². The Kier molecular flexibility index (Phi) is 6.45. The molecule has 0 fully saturated rings. The highest BCUT2D eigenvalue weighted by Gasteiger charge is 2.23. The molecule has 1 heterocycles. The van der Waals surface area contributed by atoms with Gasteiger partial charge in [0.05, 0.1) is 19.0 Å². The second-order valence-electron chi connectivity index (χ2n) is 7.01. The van der Waals surface area contributed by atoms with Crippen LogP contribution < -0.4 is 10.2 Å². The molecule has 0 bridgehead atoms. The van der Waals surface area contributed by atoms with Crippen LogP contribution in [0.4, 0.5) is 15.8 Å². The number of nitrogens with zero attached hydrogens (tertiary/aromatic N) is 3. The molecule has 1 aliphatic rings. The zero-order valence-electron chi connectivity index (χ0n) is 16.3. The zero-order valence-corrected chi connectivity index (χ0v) is 16.3. The van der Waals surface area contributed by atoms with Crippen molar-refractivity contribution in [3.8, 4) is 6.07 Å². The Labute approximate surface area is 169 Å². The van der Waals surface area contributed by atoms with E-state index < -0.39 is 5.82 Å². The highest BCUT2D eigenvalue weighted by atomic mass is 19.1. The zero-order chi connectivity index (χ0) is 20.8. The fourth-order valence-corrected chi connectivity index (χ4v) is 3.40. The smallest absolute Gasteiger partial charge is 0.255 e. The lowest BCUT2D eigenvalue weighted by molar-refractivity contribution is -0.128. The average molecular weight is 394 g/mol. The predicted molar refractivity (Wildman–Crippen MR) is 109 cm³/mol. The minimum absolute atomic E-state index is 0.0474. The molecule has 29 heavy (non-hydrogen) atoms. The number of nitriles is 1. The molecule has 0 atom stereocenters. The Morgan fingerprint density at radius 2 is 2.00 bits per heavy atom. The third-order valence-corrected chi connectivity index (χ3v) is 5.01. The van der Waals surface area contributed by atoms with Crippen LogP contribution in [-0.4, -0.2) is 43.4 Å². The van der Waals surface area contributed by atoms with Crippen molar-refractivity contribution in [1.29, 1.82) is 5.26 Å². The van der Waals surface area contributed by atoms with Gasteiger partial charge in [-0.1, -0.05) is 6.07 Å². The summed E-state index contributed by atoms with van der Waals surface area (Å²) in [4.78, 5) is 28.6. The molecule has 0 spiro atoms. The molecule has 0 aliphatic carbocycles. The highest BCUT2D eigenvalue weighted by molar-refractivity contribution is 6.05. The number of nitrogens with one attached hydrogen (secondary N) is 1. The fraction of sp³-hybridized carbons (Fsp3) is 0.318. The predicted octanol–water partition coefficient (Wildman–Crippen LogP) is 3.20. The van der Waals surface area contributed by atoms with Gasteiger partial charge in [0.15, 0.2) is 0 Å². The Morgan fingerprint density at radius 3 is 2.72 bits per heavy atom. The molecule has 1 N–H and O–H groups in total. The van der Waals surface area contributed by atoms with Gasteiger partial charge in [-0.05, 0) is 54.8 Å². The van der Waals surface area contributed by atoms with E-state index in [2.05, 4.69) is 5.32 Å². The first-order valence-electron chi connectivity index (χ1n) is 9.54. The molecule has 0 aromatic heterocycles. The molecule has 1 aliphatic heterocycles. The summed E-state index contributed by atoms with van der Waals surface area (Å²) >= 11 is 0. The third kappa shape index (κ3) is 4.91. The number of fused-ring (bicyclic) bond motifs is 1. The molecule has 7 heteroatoms.